The van der Waals surface area contributed by atoms with E-state index in [1.54, 1.807) is 19.4 Å². The molecular formula is C13H19ClN2O3. The van der Waals surface area contributed by atoms with Crippen LogP contribution in [0.3, 0.4) is 0 Å². The minimum atomic E-state index is -0.196. The second-order valence-electron chi connectivity index (χ2n) is 3.92. The molecule has 19 heavy (non-hydrogen) atoms. The van der Waals surface area contributed by atoms with E-state index in [4.69, 9.17) is 21.1 Å². The van der Waals surface area contributed by atoms with Crippen molar-refractivity contribution in [1.29, 1.82) is 0 Å². The van der Waals surface area contributed by atoms with Gasteiger partial charge >= 0.3 is 0 Å². The van der Waals surface area contributed by atoms with Crippen LogP contribution in [0.4, 0.5) is 0 Å². The normalized spacial score (nSPS) is 10.4. The second kappa shape index (κ2) is 9.72. The molecule has 5 nitrogen and oxygen atoms in total. The van der Waals surface area contributed by atoms with Crippen molar-refractivity contribution in [1.82, 2.24) is 10.3 Å². The fourth-order valence-electron chi connectivity index (χ4n) is 1.42. The van der Waals surface area contributed by atoms with E-state index in [0.29, 0.717) is 37.0 Å². The van der Waals surface area contributed by atoms with Gasteiger partial charge in [0.1, 0.15) is 0 Å². The van der Waals surface area contributed by atoms with E-state index in [2.05, 4.69) is 10.3 Å². The third-order valence-electron chi connectivity index (χ3n) is 2.45. The number of ether oxygens (including phenoxy) is 2. The zero-order chi connectivity index (χ0) is 13.9. The molecule has 0 unspecified atom stereocenters. The zero-order valence-electron chi connectivity index (χ0n) is 11.0. The molecule has 0 atom stereocenters. The molecule has 106 valence electrons. The summed E-state index contributed by atoms with van der Waals surface area (Å²) in [6.45, 7) is 2.48. The van der Waals surface area contributed by atoms with Crippen LogP contribution < -0.4 is 5.32 Å². The number of amides is 1. The molecule has 0 fully saturated rings. The van der Waals surface area contributed by atoms with Crippen molar-refractivity contribution in [2.75, 3.05) is 33.5 Å². The molecule has 1 aromatic rings. The van der Waals surface area contributed by atoms with Crippen molar-refractivity contribution < 1.29 is 14.3 Å². The molecular weight excluding hydrogens is 268 g/mol. The lowest BCUT2D eigenvalue weighted by atomic mass is 10.2. The summed E-state index contributed by atoms with van der Waals surface area (Å²) in [5, 5.41) is 3.21. The summed E-state index contributed by atoms with van der Waals surface area (Å²) in [5.74, 6) is -0.196. The monoisotopic (exact) mass is 286 g/mol. The Labute approximate surface area is 118 Å². The summed E-state index contributed by atoms with van der Waals surface area (Å²) < 4.78 is 10.2. The van der Waals surface area contributed by atoms with E-state index in [1.165, 1.54) is 6.20 Å². The Morgan fingerprint density at radius 1 is 1.37 bits per heavy atom. The van der Waals surface area contributed by atoms with E-state index in [0.717, 1.165) is 12.8 Å². The van der Waals surface area contributed by atoms with Gasteiger partial charge in [0.25, 0.3) is 5.91 Å². The summed E-state index contributed by atoms with van der Waals surface area (Å²) in [6, 6.07) is 1.60. The van der Waals surface area contributed by atoms with Crippen LogP contribution in [0.15, 0.2) is 18.5 Å². The lowest BCUT2D eigenvalue weighted by Gasteiger charge is -2.06. The SMILES string of the molecule is COCCOCCCCNC(=O)c1cnccc1Cl. The third-order valence-corrected chi connectivity index (χ3v) is 2.77. The van der Waals surface area contributed by atoms with Crippen molar-refractivity contribution in [3.8, 4) is 0 Å². The van der Waals surface area contributed by atoms with Gasteiger partial charge in [-0.05, 0) is 18.9 Å². The second-order valence-corrected chi connectivity index (χ2v) is 4.33. The highest BCUT2D eigenvalue weighted by Gasteiger charge is 2.08. The zero-order valence-corrected chi connectivity index (χ0v) is 11.8. The standard InChI is InChI=1S/C13H19ClN2O3/c1-18-8-9-19-7-3-2-5-16-13(17)11-10-15-6-4-12(11)14/h4,6,10H,2-3,5,7-9H2,1H3,(H,16,17). The Morgan fingerprint density at radius 3 is 2.95 bits per heavy atom. The average Bonchev–Trinajstić information content (AvgIpc) is 2.42. The molecule has 1 amide bonds. The summed E-state index contributed by atoms with van der Waals surface area (Å²) in [5.41, 5.74) is 0.403. The lowest BCUT2D eigenvalue weighted by molar-refractivity contribution is 0.0686. The molecule has 0 aromatic carbocycles. The Balaban J connectivity index is 2.10. The van der Waals surface area contributed by atoms with Crippen LogP contribution >= 0.6 is 11.6 Å². The fraction of sp³-hybridized carbons (Fsp3) is 0.538. The molecule has 0 aliphatic rings. The van der Waals surface area contributed by atoms with Gasteiger partial charge in [0.2, 0.25) is 0 Å². The molecule has 0 aliphatic carbocycles. The Morgan fingerprint density at radius 2 is 2.21 bits per heavy atom. The number of hydrogen-bond acceptors (Lipinski definition) is 4. The first-order chi connectivity index (χ1) is 9.25. The van der Waals surface area contributed by atoms with Crippen LogP contribution in [0.2, 0.25) is 5.02 Å². The molecule has 0 spiro atoms. The number of aromatic nitrogens is 1. The van der Waals surface area contributed by atoms with Crippen molar-refractivity contribution in [2.45, 2.75) is 12.8 Å². The predicted molar refractivity (Wildman–Crippen MR) is 73.5 cm³/mol. The molecule has 0 saturated heterocycles. The molecule has 0 radical (unpaired) electrons. The highest BCUT2D eigenvalue weighted by Crippen LogP contribution is 2.12. The van der Waals surface area contributed by atoms with Crippen molar-refractivity contribution in [3.05, 3.63) is 29.0 Å². The number of rotatable bonds is 9. The van der Waals surface area contributed by atoms with Gasteiger partial charge in [-0.25, -0.2) is 0 Å². The summed E-state index contributed by atoms with van der Waals surface area (Å²) in [4.78, 5) is 15.6. The molecule has 1 N–H and O–H groups in total. The van der Waals surface area contributed by atoms with Crippen molar-refractivity contribution in [2.24, 2.45) is 0 Å². The quantitative estimate of drug-likeness (QED) is 0.705. The smallest absolute Gasteiger partial charge is 0.254 e. The molecule has 1 heterocycles. The third kappa shape index (κ3) is 6.52. The first-order valence-electron chi connectivity index (χ1n) is 6.20. The van der Waals surface area contributed by atoms with E-state index in [-0.39, 0.29) is 5.91 Å². The van der Waals surface area contributed by atoms with Gasteiger partial charge < -0.3 is 14.8 Å². The van der Waals surface area contributed by atoms with Gasteiger partial charge in [-0.3, -0.25) is 9.78 Å². The van der Waals surface area contributed by atoms with Crippen LogP contribution in [-0.4, -0.2) is 44.4 Å². The number of carbonyl (C=O) groups excluding carboxylic acids is 1. The Hall–Kier alpha value is -1.17. The van der Waals surface area contributed by atoms with E-state index in [9.17, 15) is 4.79 Å². The Kier molecular flexibility index (Phi) is 8.13. The number of nitrogens with zero attached hydrogens (tertiary/aromatic N) is 1. The van der Waals surface area contributed by atoms with E-state index >= 15 is 0 Å². The van der Waals surface area contributed by atoms with Crippen LogP contribution in [0, 0.1) is 0 Å². The van der Waals surface area contributed by atoms with Crippen LogP contribution in [-0.2, 0) is 9.47 Å². The minimum absolute atomic E-state index is 0.196. The minimum Gasteiger partial charge on any atom is -0.382 e. The molecule has 0 saturated carbocycles. The van der Waals surface area contributed by atoms with Gasteiger partial charge in [-0.2, -0.15) is 0 Å². The van der Waals surface area contributed by atoms with Crippen LogP contribution in [0.1, 0.15) is 23.2 Å². The molecule has 1 rings (SSSR count). The van der Waals surface area contributed by atoms with Gasteiger partial charge in [0.15, 0.2) is 0 Å². The maximum absolute atomic E-state index is 11.8. The summed E-state index contributed by atoms with van der Waals surface area (Å²) >= 11 is 5.90. The summed E-state index contributed by atoms with van der Waals surface area (Å²) in [6.07, 6.45) is 4.77. The van der Waals surface area contributed by atoms with E-state index < -0.39 is 0 Å². The maximum atomic E-state index is 11.8. The number of unbranched alkanes of at least 4 members (excludes halogenated alkanes) is 1. The first-order valence-corrected chi connectivity index (χ1v) is 6.58. The van der Waals surface area contributed by atoms with Crippen molar-refractivity contribution in [3.63, 3.8) is 0 Å². The topological polar surface area (TPSA) is 60.5 Å². The van der Waals surface area contributed by atoms with Gasteiger partial charge in [0.05, 0.1) is 23.8 Å². The molecule has 0 aliphatic heterocycles. The number of carbonyl (C=O) groups is 1. The lowest BCUT2D eigenvalue weighted by Crippen LogP contribution is -2.25. The number of pyridine rings is 1. The number of nitrogens with one attached hydrogen (secondary N) is 1. The number of methoxy groups -OCH3 is 1. The molecule has 0 bridgehead atoms. The molecule has 6 heteroatoms. The maximum Gasteiger partial charge on any atom is 0.254 e. The first kappa shape index (κ1) is 15.9. The Bertz CT molecular complexity index is 388. The fourth-order valence-corrected chi connectivity index (χ4v) is 1.61. The molecule has 1 aromatic heterocycles. The van der Waals surface area contributed by atoms with E-state index in [1.807, 2.05) is 0 Å². The van der Waals surface area contributed by atoms with Gasteiger partial charge in [0, 0.05) is 32.7 Å². The number of halogens is 1. The van der Waals surface area contributed by atoms with Crippen molar-refractivity contribution >= 4 is 17.5 Å². The predicted octanol–water partition coefficient (Wildman–Crippen LogP) is 1.91. The number of hydrogen-bond donors (Lipinski definition) is 1. The van der Waals surface area contributed by atoms with Crippen LogP contribution in [0.25, 0.3) is 0 Å². The highest BCUT2D eigenvalue weighted by molar-refractivity contribution is 6.33. The van der Waals surface area contributed by atoms with Crippen LogP contribution in [0.5, 0.6) is 0 Å². The van der Waals surface area contributed by atoms with Gasteiger partial charge in [-0.1, -0.05) is 11.6 Å². The van der Waals surface area contributed by atoms with Gasteiger partial charge in [-0.15, -0.1) is 0 Å². The largest absolute Gasteiger partial charge is 0.382 e. The summed E-state index contributed by atoms with van der Waals surface area (Å²) in [7, 11) is 1.64. The average molecular weight is 287 g/mol. The highest BCUT2D eigenvalue weighted by atomic mass is 35.5.